The number of carbonyl (C=O) groups is 1. The van der Waals surface area contributed by atoms with Crippen LogP contribution in [0.3, 0.4) is 0 Å². The number of piperidine rings is 1. The number of amides is 2. The summed E-state index contributed by atoms with van der Waals surface area (Å²) in [5.41, 5.74) is 0.666. The predicted octanol–water partition coefficient (Wildman–Crippen LogP) is 1.45. The van der Waals surface area contributed by atoms with Gasteiger partial charge in [-0.3, -0.25) is 0 Å². The number of anilines is 1. The van der Waals surface area contributed by atoms with Crippen LogP contribution in [0.15, 0.2) is 18.2 Å². The van der Waals surface area contributed by atoms with Crippen molar-refractivity contribution in [2.75, 3.05) is 31.6 Å². The summed E-state index contributed by atoms with van der Waals surface area (Å²) in [5.74, 6) is 1.34. The van der Waals surface area contributed by atoms with Crippen LogP contribution in [0.5, 0.6) is 11.5 Å². The number of hydrogen-bond donors (Lipinski definition) is 2. The molecular weight excluding hydrogens is 260 g/mol. The Morgan fingerprint density at radius 2 is 2.10 bits per heavy atom. The first-order valence-electron chi connectivity index (χ1n) is 6.86. The second kappa shape index (κ2) is 5.58. The number of fused-ring (bicyclic) bond motifs is 1. The smallest absolute Gasteiger partial charge is 0.321 e. The molecule has 0 radical (unpaired) electrons. The summed E-state index contributed by atoms with van der Waals surface area (Å²) in [7, 11) is 0. The molecule has 2 amide bonds. The number of aliphatic hydroxyl groups is 1. The van der Waals surface area contributed by atoms with E-state index in [1.165, 1.54) is 0 Å². The Morgan fingerprint density at radius 1 is 1.30 bits per heavy atom. The normalized spacial score (nSPS) is 21.4. The lowest BCUT2D eigenvalue weighted by Gasteiger charge is -2.30. The number of nitrogens with zero attached hydrogens (tertiary/aromatic N) is 1. The molecule has 0 aromatic heterocycles. The van der Waals surface area contributed by atoms with E-state index in [2.05, 4.69) is 5.32 Å². The van der Waals surface area contributed by atoms with Gasteiger partial charge in [0.2, 0.25) is 0 Å². The standard InChI is InChI=1S/C14H18N2O4/c17-11-2-1-5-16(9-11)14(18)15-10-3-4-12-13(8-10)20-7-6-19-12/h3-4,8,11,17H,1-2,5-7,9H2,(H,15,18). The van der Waals surface area contributed by atoms with Gasteiger partial charge in [-0.15, -0.1) is 0 Å². The maximum absolute atomic E-state index is 12.1. The van der Waals surface area contributed by atoms with Crippen molar-refractivity contribution in [3.63, 3.8) is 0 Å². The first-order valence-corrected chi connectivity index (χ1v) is 6.86. The van der Waals surface area contributed by atoms with E-state index in [0.717, 1.165) is 12.8 Å². The van der Waals surface area contributed by atoms with Gasteiger partial charge in [0.1, 0.15) is 13.2 Å². The number of likely N-dealkylation sites (tertiary alicyclic amines) is 1. The summed E-state index contributed by atoms with van der Waals surface area (Å²) in [4.78, 5) is 13.7. The Morgan fingerprint density at radius 3 is 2.90 bits per heavy atom. The second-order valence-electron chi connectivity index (χ2n) is 5.03. The molecule has 6 heteroatoms. The molecule has 0 spiro atoms. The van der Waals surface area contributed by atoms with Crippen LogP contribution in [-0.2, 0) is 0 Å². The van der Waals surface area contributed by atoms with E-state index in [-0.39, 0.29) is 6.03 Å². The van der Waals surface area contributed by atoms with Crippen molar-refractivity contribution in [3.05, 3.63) is 18.2 Å². The lowest BCUT2D eigenvalue weighted by Crippen LogP contribution is -2.44. The quantitative estimate of drug-likeness (QED) is 0.815. The molecule has 2 aliphatic heterocycles. The third-order valence-corrected chi connectivity index (χ3v) is 3.48. The molecule has 6 nitrogen and oxygen atoms in total. The zero-order valence-corrected chi connectivity index (χ0v) is 11.2. The molecule has 1 saturated heterocycles. The lowest BCUT2D eigenvalue weighted by molar-refractivity contribution is 0.0883. The first-order chi connectivity index (χ1) is 9.72. The summed E-state index contributed by atoms with van der Waals surface area (Å²) < 4.78 is 10.9. The SMILES string of the molecule is O=C(Nc1ccc2c(c1)OCCO2)N1CCCC(O)C1. The van der Waals surface area contributed by atoms with Crippen LogP contribution in [0.25, 0.3) is 0 Å². The first kappa shape index (κ1) is 13.1. The van der Waals surface area contributed by atoms with Gasteiger partial charge in [0, 0.05) is 24.8 Å². The number of benzene rings is 1. The van der Waals surface area contributed by atoms with Gasteiger partial charge < -0.3 is 24.8 Å². The maximum atomic E-state index is 12.1. The van der Waals surface area contributed by atoms with Crippen LogP contribution < -0.4 is 14.8 Å². The summed E-state index contributed by atoms with van der Waals surface area (Å²) in [6.07, 6.45) is 1.17. The lowest BCUT2D eigenvalue weighted by atomic mass is 10.1. The summed E-state index contributed by atoms with van der Waals surface area (Å²) in [6, 6.07) is 5.13. The van der Waals surface area contributed by atoms with Crippen molar-refractivity contribution in [3.8, 4) is 11.5 Å². The van der Waals surface area contributed by atoms with Crippen LogP contribution in [0.2, 0.25) is 0 Å². The van der Waals surface area contributed by atoms with Gasteiger partial charge >= 0.3 is 6.03 Å². The Hall–Kier alpha value is -1.95. The molecule has 108 valence electrons. The van der Waals surface area contributed by atoms with Gasteiger partial charge in [0.25, 0.3) is 0 Å². The van der Waals surface area contributed by atoms with Crippen LogP contribution in [0.4, 0.5) is 10.5 Å². The molecule has 2 heterocycles. The average Bonchev–Trinajstić information content (AvgIpc) is 2.47. The molecule has 20 heavy (non-hydrogen) atoms. The van der Waals surface area contributed by atoms with Crippen molar-refractivity contribution in [1.29, 1.82) is 0 Å². The second-order valence-corrected chi connectivity index (χ2v) is 5.03. The van der Waals surface area contributed by atoms with Gasteiger partial charge in [-0.1, -0.05) is 0 Å². The Kier molecular flexibility index (Phi) is 3.64. The minimum absolute atomic E-state index is 0.194. The van der Waals surface area contributed by atoms with Crippen LogP contribution >= 0.6 is 0 Å². The molecular formula is C14H18N2O4. The molecule has 0 saturated carbocycles. The Balaban J connectivity index is 1.66. The van der Waals surface area contributed by atoms with Gasteiger partial charge in [-0.2, -0.15) is 0 Å². The summed E-state index contributed by atoms with van der Waals surface area (Å²) in [5, 5.41) is 12.4. The Bertz CT molecular complexity index is 506. The number of rotatable bonds is 1. The monoisotopic (exact) mass is 278 g/mol. The van der Waals surface area contributed by atoms with Gasteiger partial charge in [0.15, 0.2) is 11.5 Å². The van der Waals surface area contributed by atoms with Crippen molar-refractivity contribution in [2.45, 2.75) is 18.9 Å². The topological polar surface area (TPSA) is 71.0 Å². The highest BCUT2D eigenvalue weighted by Crippen LogP contribution is 2.32. The number of hydrogen-bond acceptors (Lipinski definition) is 4. The highest BCUT2D eigenvalue weighted by molar-refractivity contribution is 5.89. The highest BCUT2D eigenvalue weighted by Gasteiger charge is 2.22. The van der Waals surface area contributed by atoms with Crippen molar-refractivity contribution in [2.24, 2.45) is 0 Å². The molecule has 0 bridgehead atoms. The third kappa shape index (κ3) is 2.80. The number of aliphatic hydroxyl groups excluding tert-OH is 1. The Labute approximate surface area is 117 Å². The van der Waals surface area contributed by atoms with E-state index in [1.807, 2.05) is 0 Å². The fourth-order valence-corrected chi connectivity index (χ4v) is 2.46. The van der Waals surface area contributed by atoms with E-state index in [9.17, 15) is 9.90 Å². The van der Waals surface area contributed by atoms with Crippen LogP contribution in [-0.4, -0.2) is 48.4 Å². The van der Waals surface area contributed by atoms with Gasteiger partial charge in [0.05, 0.1) is 6.10 Å². The fraction of sp³-hybridized carbons (Fsp3) is 0.500. The molecule has 2 aliphatic rings. The largest absolute Gasteiger partial charge is 0.486 e. The molecule has 1 fully saturated rings. The van der Waals surface area contributed by atoms with E-state index in [1.54, 1.807) is 23.1 Å². The van der Waals surface area contributed by atoms with Crippen molar-refractivity contribution in [1.82, 2.24) is 4.90 Å². The zero-order valence-electron chi connectivity index (χ0n) is 11.2. The number of urea groups is 1. The third-order valence-electron chi connectivity index (χ3n) is 3.48. The van der Waals surface area contributed by atoms with Gasteiger partial charge in [-0.05, 0) is 25.0 Å². The van der Waals surface area contributed by atoms with E-state index in [0.29, 0.717) is 43.5 Å². The molecule has 1 atom stereocenters. The predicted molar refractivity (Wildman–Crippen MR) is 73.3 cm³/mol. The minimum Gasteiger partial charge on any atom is -0.486 e. The van der Waals surface area contributed by atoms with E-state index in [4.69, 9.17) is 9.47 Å². The summed E-state index contributed by atoms with van der Waals surface area (Å²) >= 11 is 0. The van der Waals surface area contributed by atoms with Crippen LogP contribution in [0.1, 0.15) is 12.8 Å². The minimum atomic E-state index is -0.422. The van der Waals surface area contributed by atoms with Crippen LogP contribution in [0, 0.1) is 0 Å². The molecule has 0 aliphatic carbocycles. The molecule has 2 N–H and O–H groups in total. The van der Waals surface area contributed by atoms with Crippen molar-refractivity contribution >= 4 is 11.7 Å². The fourth-order valence-electron chi connectivity index (χ4n) is 2.46. The average molecular weight is 278 g/mol. The van der Waals surface area contributed by atoms with E-state index < -0.39 is 6.10 Å². The number of nitrogens with one attached hydrogen (secondary N) is 1. The van der Waals surface area contributed by atoms with E-state index >= 15 is 0 Å². The molecule has 1 unspecified atom stereocenters. The maximum Gasteiger partial charge on any atom is 0.321 e. The van der Waals surface area contributed by atoms with Crippen molar-refractivity contribution < 1.29 is 19.4 Å². The number of carbonyl (C=O) groups excluding carboxylic acids is 1. The molecule has 3 rings (SSSR count). The molecule has 1 aromatic carbocycles. The number of β-amino-alcohol motifs (C(OH)–C–C–N with tert-alkyl or cyclic N) is 1. The number of ether oxygens (including phenoxy) is 2. The zero-order chi connectivity index (χ0) is 13.9. The van der Waals surface area contributed by atoms with Gasteiger partial charge in [-0.25, -0.2) is 4.79 Å². The molecule has 1 aromatic rings. The highest BCUT2D eigenvalue weighted by atomic mass is 16.6. The summed E-state index contributed by atoms with van der Waals surface area (Å²) in [6.45, 7) is 2.12.